The minimum atomic E-state index is -4.39. The summed E-state index contributed by atoms with van der Waals surface area (Å²) < 4.78 is 43.3. The van der Waals surface area contributed by atoms with Gasteiger partial charge in [-0.1, -0.05) is 6.07 Å². The number of halogens is 3. The first-order chi connectivity index (χ1) is 11.4. The van der Waals surface area contributed by atoms with Gasteiger partial charge in [-0.15, -0.1) is 0 Å². The van der Waals surface area contributed by atoms with E-state index in [1.165, 1.54) is 25.0 Å². The molecule has 1 aliphatic heterocycles. The van der Waals surface area contributed by atoms with Crippen LogP contribution in [0.3, 0.4) is 0 Å². The predicted octanol–water partition coefficient (Wildman–Crippen LogP) is 2.23. The van der Waals surface area contributed by atoms with Crippen LogP contribution in [0, 0.1) is 0 Å². The number of aliphatic hydroxyl groups is 1. The third kappa shape index (κ3) is 4.84. The number of β-amino-alcohol motifs (C(OH)–C–C–N with tert-alkyl or cyclic N) is 1. The van der Waals surface area contributed by atoms with Crippen LogP contribution < -0.4 is 4.74 Å². The van der Waals surface area contributed by atoms with Gasteiger partial charge in [-0.2, -0.15) is 13.2 Å². The van der Waals surface area contributed by atoms with E-state index in [0.717, 1.165) is 44.4 Å². The molecule has 4 nitrogen and oxygen atoms in total. The van der Waals surface area contributed by atoms with Gasteiger partial charge in [0.1, 0.15) is 18.5 Å². The van der Waals surface area contributed by atoms with Crippen molar-refractivity contribution in [3.8, 4) is 5.75 Å². The highest BCUT2D eigenvalue weighted by Gasteiger charge is 2.32. The average Bonchev–Trinajstić information content (AvgIpc) is 3.38. The van der Waals surface area contributed by atoms with Gasteiger partial charge in [0.15, 0.2) is 0 Å². The topological polar surface area (TPSA) is 35.9 Å². The number of alkyl halides is 3. The number of nitrogens with zero attached hydrogens (tertiary/aromatic N) is 2. The van der Waals surface area contributed by atoms with Gasteiger partial charge < -0.3 is 9.84 Å². The van der Waals surface area contributed by atoms with Gasteiger partial charge >= 0.3 is 6.18 Å². The van der Waals surface area contributed by atoms with Crippen molar-refractivity contribution in [3.05, 3.63) is 29.8 Å². The van der Waals surface area contributed by atoms with Crippen molar-refractivity contribution in [1.82, 2.24) is 9.80 Å². The maximum atomic E-state index is 12.7. The second-order valence-corrected chi connectivity index (χ2v) is 6.56. The standard InChI is InChI=1S/C17H23F3N2O2/c18-17(19,20)13-2-1-3-16(10-13)24-12-15(23)11-21-6-8-22(9-7-21)14-4-5-14/h1-3,10,14-15,23H,4-9,11-12H2. The lowest BCUT2D eigenvalue weighted by Crippen LogP contribution is -2.49. The molecule has 134 valence electrons. The summed E-state index contributed by atoms with van der Waals surface area (Å²) in [6.07, 6.45) is -2.51. The van der Waals surface area contributed by atoms with Crippen molar-refractivity contribution < 1.29 is 23.0 Å². The Kier molecular flexibility index (Phi) is 5.32. The minimum absolute atomic E-state index is 0.00977. The molecule has 1 heterocycles. The fourth-order valence-corrected chi connectivity index (χ4v) is 3.06. The molecule has 0 spiro atoms. The Morgan fingerprint density at radius 2 is 1.88 bits per heavy atom. The fourth-order valence-electron chi connectivity index (χ4n) is 3.06. The van der Waals surface area contributed by atoms with Crippen LogP contribution in [-0.2, 0) is 6.18 Å². The molecule has 1 aliphatic carbocycles. The molecule has 0 radical (unpaired) electrons. The molecule has 1 unspecified atom stereocenters. The number of piperazine rings is 1. The molecule has 7 heteroatoms. The summed E-state index contributed by atoms with van der Waals surface area (Å²) in [5, 5.41) is 10.1. The summed E-state index contributed by atoms with van der Waals surface area (Å²) in [5.41, 5.74) is -0.745. The average molecular weight is 344 g/mol. The Bertz CT molecular complexity index is 541. The summed E-state index contributed by atoms with van der Waals surface area (Å²) in [5.74, 6) is 0.127. The van der Waals surface area contributed by atoms with Crippen molar-refractivity contribution in [3.63, 3.8) is 0 Å². The minimum Gasteiger partial charge on any atom is -0.491 e. The molecule has 1 atom stereocenters. The van der Waals surface area contributed by atoms with Crippen molar-refractivity contribution in [2.45, 2.75) is 31.2 Å². The van der Waals surface area contributed by atoms with Crippen LogP contribution in [0.1, 0.15) is 18.4 Å². The Labute approximate surface area is 139 Å². The van der Waals surface area contributed by atoms with Gasteiger partial charge in [-0.25, -0.2) is 0 Å². The number of hydrogen-bond donors (Lipinski definition) is 1. The van der Waals surface area contributed by atoms with Crippen LogP contribution in [0.15, 0.2) is 24.3 Å². The number of ether oxygens (including phenoxy) is 1. The Morgan fingerprint density at radius 3 is 2.50 bits per heavy atom. The number of benzene rings is 1. The Morgan fingerprint density at radius 1 is 1.17 bits per heavy atom. The third-order valence-electron chi connectivity index (χ3n) is 4.54. The maximum Gasteiger partial charge on any atom is 0.416 e. The number of rotatable bonds is 6. The zero-order valence-electron chi connectivity index (χ0n) is 13.5. The van der Waals surface area contributed by atoms with E-state index in [4.69, 9.17) is 4.74 Å². The van der Waals surface area contributed by atoms with Gasteiger partial charge in [0.25, 0.3) is 0 Å². The molecule has 0 aromatic heterocycles. The van der Waals surface area contributed by atoms with Crippen LogP contribution in [0.2, 0.25) is 0 Å². The monoisotopic (exact) mass is 344 g/mol. The van der Waals surface area contributed by atoms with E-state index in [1.54, 1.807) is 0 Å². The Hall–Kier alpha value is -1.31. The van der Waals surface area contributed by atoms with Crippen LogP contribution in [0.25, 0.3) is 0 Å². The molecule has 1 saturated heterocycles. The SMILES string of the molecule is OC(COc1cccc(C(F)(F)F)c1)CN1CCN(C2CC2)CC1. The molecular formula is C17H23F3N2O2. The first-order valence-electron chi connectivity index (χ1n) is 8.36. The third-order valence-corrected chi connectivity index (χ3v) is 4.54. The fraction of sp³-hybridized carbons (Fsp3) is 0.647. The molecule has 2 aliphatic rings. The van der Waals surface area contributed by atoms with E-state index in [9.17, 15) is 18.3 Å². The number of aliphatic hydroxyl groups excluding tert-OH is 1. The van der Waals surface area contributed by atoms with Gasteiger partial charge in [-0.05, 0) is 31.0 Å². The van der Waals surface area contributed by atoms with E-state index in [0.29, 0.717) is 6.54 Å². The van der Waals surface area contributed by atoms with Crippen molar-refractivity contribution >= 4 is 0 Å². The molecule has 1 N–H and O–H groups in total. The Balaban J connectivity index is 1.41. The van der Waals surface area contributed by atoms with Gasteiger partial charge in [-0.3, -0.25) is 9.80 Å². The highest BCUT2D eigenvalue weighted by molar-refractivity contribution is 5.30. The second-order valence-electron chi connectivity index (χ2n) is 6.56. The first-order valence-corrected chi connectivity index (χ1v) is 8.36. The maximum absolute atomic E-state index is 12.7. The van der Waals surface area contributed by atoms with Gasteiger partial charge in [0.2, 0.25) is 0 Å². The van der Waals surface area contributed by atoms with E-state index < -0.39 is 17.8 Å². The second kappa shape index (κ2) is 7.29. The zero-order valence-corrected chi connectivity index (χ0v) is 13.5. The summed E-state index contributed by atoms with van der Waals surface area (Å²) in [6.45, 7) is 4.34. The number of hydrogen-bond acceptors (Lipinski definition) is 4. The molecule has 0 bridgehead atoms. The van der Waals surface area contributed by atoms with Crippen LogP contribution in [-0.4, -0.2) is 66.4 Å². The summed E-state index contributed by atoms with van der Waals surface area (Å²) in [4.78, 5) is 4.67. The van der Waals surface area contributed by atoms with E-state index in [-0.39, 0.29) is 12.4 Å². The zero-order chi connectivity index (χ0) is 17.2. The smallest absolute Gasteiger partial charge is 0.416 e. The van der Waals surface area contributed by atoms with Crippen LogP contribution in [0.4, 0.5) is 13.2 Å². The van der Waals surface area contributed by atoms with E-state index in [1.807, 2.05) is 0 Å². The quantitative estimate of drug-likeness (QED) is 0.859. The lowest BCUT2D eigenvalue weighted by molar-refractivity contribution is -0.137. The summed E-state index contributed by atoms with van der Waals surface area (Å²) in [7, 11) is 0. The molecule has 1 aromatic carbocycles. The highest BCUT2D eigenvalue weighted by Crippen LogP contribution is 2.31. The van der Waals surface area contributed by atoms with E-state index in [2.05, 4.69) is 9.80 Å². The molecule has 3 rings (SSSR count). The molecule has 0 amide bonds. The molecule has 2 fully saturated rings. The van der Waals surface area contributed by atoms with Crippen LogP contribution in [0.5, 0.6) is 5.75 Å². The lowest BCUT2D eigenvalue weighted by Gasteiger charge is -2.35. The van der Waals surface area contributed by atoms with E-state index >= 15 is 0 Å². The van der Waals surface area contributed by atoms with Gasteiger partial charge in [0.05, 0.1) is 5.56 Å². The normalized spacial score (nSPS) is 21.7. The van der Waals surface area contributed by atoms with Crippen molar-refractivity contribution in [2.75, 3.05) is 39.3 Å². The van der Waals surface area contributed by atoms with Crippen molar-refractivity contribution in [2.24, 2.45) is 0 Å². The van der Waals surface area contributed by atoms with Gasteiger partial charge in [0, 0.05) is 38.8 Å². The molecule has 1 saturated carbocycles. The summed E-state index contributed by atoms with van der Waals surface area (Å²) in [6, 6.07) is 5.50. The first kappa shape index (κ1) is 17.5. The summed E-state index contributed by atoms with van der Waals surface area (Å²) >= 11 is 0. The lowest BCUT2D eigenvalue weighted by atomic mass is 10.2. The predicted molar refractivity (Wildman–Crippen MR) is 84.0 cm³/mol. The van der Waals surface area contributed by atoms with Crippen molar-refractivity contribution in [1.29, 1.82) is 0 Å². The molecular weight excluding hydrogens is 321 g/mol. The largest absolute Gasteiger partial charge is 0.491 e. The van der Waals surface area contributed by atoms with Crippen LogP contribution >= 0.6 is 0 Å². The molecule has 1 aromatic rings. The highest BCUT2D eigenvalue weighted by atomic mass is 19.4. The molecule has 24 heavy (non-hydrogen) atoms.